The molecule has 5 heteroatoms. The van der Waals surface area contributed by atoms with E-state index in [2.05, 4.69) is 38.3 Å². The van der Waals surface area contributed by atoms with Gasteiger partial charge in [-0.3, -0.25) is 4.84 Å². The number of hydrogen-bond acceptors (Lipinski definition) is 3. The van der Waals surface area contributed by atoms with Crippen LogP contribution in [0, 0.1) is 0 Å². The largest absolute Gasteiger partial charge is 0.341 e. The first-order valence-corrected chi connectivity index (χ1v) is 6.03. The molecular weight excluding hydrogens is 218 g/mol. The molecule has 1 heterocycles. The maximum absolute atomic E-state index is 11.7. The normalized spacial score (nSPS) is 23.2. The van der Waals surface area contributed by atoms with Crippen LogP contribution in [0.5, 0.6) is 0 Å². The molecular formula is C12H25N3O2. The molecule has 1 saturated heterocycles. The maximum Gasteiger partial charge on any atom is 0.341 e. The van der Waals surface area contributed by atoms with Crippen molar-refractivity contribution in [2.75, 3.05) is 14.2 Å². The number of nitrogens with zero attached hydrogens (tertiary/aromatic N) is 1. The predicted molar refractivity (Wildman–Crippen MR) is 67.6 cm³/mol. The molecule has 2 amide bonds. The van der Waals surface area contributed by atoms with Gasteiger partial charge in [0.1, 0.15) is 0 Å². The highest BCUT2D eigenvalue weighted by molar-refractivity contribution is 5.73. The smallest absolute Gasteiger partial charge is 0.333 e. The number of urea groups is 1. The highest BCUT2D eigenvalue weighted by Crippen LogP contribution is 2.28. The zero-order chi connectivity index (χ0) is 13.3. The molecule has 2 N–H and O–H groups in total. The van der Waals surface area contributed by atoms with E-state index in [-0.39, 0.29) is 23.2 Å². The molecule has 1 aliphatic heterocycles. The average molecular weight is 243 g/mol. The molecule has 17 heavy (non-hydrogen) atoms. The van der Waals surface area contributed by atoms with Crippen LogP contribution in [0.1, 0.15) is 40.5 Å². The second-order valence-corrected chi connectivity index (χ2v) is 6.13. The Labute approximate surface area is 104 Å². The Morgan fingerprint density at radius 3 is 2.18 bits per heavy atom. The van der Waals surface area contributed by atoms with Gasteiger partial charge < -0.3 is 10.6 Å². The van der Waals surface area contributed by atoms with Crippen LogP contribution in [0.2, 0.25) is 0 Å². The SMILES string of the molecule is CON(C)C(=O)NC1CC(C)(C)NC(C)(C)C1. The van der Waals surface area contributed by atoms with Crippen LogP contribution in [0.25, 0.3) is 0 Å². The quantitative estimate of drug-likeness (QED) is 0.723. The number of amides is 2. The molecule has 0 unspecified atom stereocenters. The summed E-state index contributed by atoms with van der Waals surface area (Å²) in [6, 6.07) is -0.0163. The Morgan fingerprint density at radius 2 is 1.76 bits per heavy atom. The lowest BCUT2D eigenvalue weighted by Gasteiger charge is -2.46. The van der Waals surface area contributed by atoms with Crippen LogP contribution in [0.3, 0.4) is 0 Å². The van der Waals surface area contributed by atoms with Crippen LogP contribution in [-0.2, 0) is 4.84 Å². The first-order valence-electron chi connectivity index (χ1n) is 6.03. The third kappa shape index (κ3) is 4.16. The molecule has 1 fully saturated rings. The van der Waals surface area contributed by atoms with Gasteiger partial charge in [0.05, 0.1) is 7.11 Å². The summed E-state index contributed by atoms with van der Waals surface area (Å²) < 4.78 is 0. The van der Waals surface area contributed by atoms with Crippen molar-refractivity contribution >= 4 is 6.03 Å². The highest BCUT2D eigenvalue weighted by Gasteiger charge is 2.38. The van der Waals surface area contributed by atoms with Gasteiger partial charge in [0, 0.05) is 24.2 Å². The molecule has 1 rings (SSSR count). The molecule has 100 valence electrons. The molecule has 0 saturated carbocycles. The van der Waals surface area contributed by atoms with Crippen molar-refractivity contribution in [3.05, 3.63) is 0 Å². The van der Waals surface area contributed by atoms with E-state index in [0.717, 1.165) is 12.8 Å². The molecule has 0 bridgehead atoms. The molecule has 0 atom stereocenters. The fraction of sp³-hybridized carbons (Fsp3) is 0.917. The number of hydroxylamine groups is 2. The number of rotatable bonds is 2. The average Bonchev–Trinajstić information content (AvgIpc) is 2.11. The van der Waals surface area contributed by atoms with Gasteiger partial charge >= 0.3 is 6.03 Å². The lowest BCUT2D eigenvalue weighted by molar-refractivity contribution is -0.0664. The van der Waals surface area contributed by atoms with Crippen molar-refractivity contribution in [2.45, 2.75) is 57.7 Å². The third-order valence-corrected chi connectivity index (χ3v) is 3.08. The van der Waals surface area contributed by atoms with Crippen LogP contribution >= 0.6 is 0 Å². The summed E-state index contributed by atoms with van der Waals surface area (Å²) in [5, 5.41) is 7.80. The van der Waals surface area contributed by atoms with E-state index in [1.165, 1.54) is 12.2 Å². The predicted octanol–water partition coefficient (Wildman–Crippen LogP) is 1.50. The van der Waals surface area contributed by atoms with Crippen molar-refractivity contribution in [1.82, 2.24) is 15.7 Å². The summed E-state index contributed by atoms with van der Waals surface area (Å²) in [6.07, 6.45) is 1.83. The molecule has 5 nitrogen and oxygen atoms in total. The Balaban J connectivity index is 2.63. The zero-order valence-electron chi connectivity index (χ0n) is 11.8. The first kappa shape index (κ1) is 14.3. The van der Waals surface area contributed by atoms with Gasteiger partial charge in [0.25, 0.3) is 0 Å². The summed E-state index contributed by atoms with van der Waals surface area (Å²) >= 11 is 0. The molecule has 0 radical (unpaired) electrons. The summed E-state index contributed by atoms with van der Waals surface area (Å²) in [5.74, 6) is 0. The minimum atomic E-state index is -0.189. The van der Waals surface area contributed by atoms with Crippen molar-refractivity contribution in [3.63, 3.8) is 0 Å². The maximum atomic E-state index is 11.7. The fourth-order valence-electron chi connectivity index (χ4n) is 2.77. The van der Waals surface area contributed by atoms with Crippen LogP contribution < -0.4 is 10.6 Å². The van der Waals surface area contributed by atoms with E-state index in [4.69, 9.17) is 4.84 Å². The minimum absolute atomic E-state index is 0.0331. The number of hydrogen-bond donors (Lipinski definition) is 2. The van der Waals surface area contributed by atoms with Crippen molar-refractivity contribution < 1.29 is 9.63 Å². The Morgan fingerprint density at radius 1 is 1.29 bits per heavy atom. The first-order chi connectivity index (χ1) is 7.65. The van der Waals surface area contributed by atoms with Crippen LogP contribution in [-0.4, -0.2) is 42.4 Å². The Hall–Kier alpha value is -0.810. The zero-order valence-corrected chi connectivity index (χ0v) is 11.8. The van der Waals surface area contributed by atoms with Crippen LogP contribution in [0.4, 0.5) is 4.79 Å². The standard InChI is InChI=1S/C12H25N3O2/c1-11(2)7-9(8-12(3,4)14-11)13-10(16)15(5)17-6/h9,14H,7-8H2,1-6H3,(H,13,16). The van der Waals surface area contributed by atoms with E-state index in [1.807, 2.05) is 0 Å². The Kier molecular flexibility index (Phi) is 4.04. The van der Waals surface area contributed by atoms with E-state index < -0.39 is 0 Å². The molecule has 0 aromatic heterocycles. The van der Waals surface area contributed by atoms with E-state index >= 15 is 0 Å². The monoisotopic (exact) mass is 243 g/mol. The summed E-state index contributed by atoms with van der Waals surface area (Å²) in [4.78, 5) is 16.6. The summed E-state index contributed by atoms with van der Waals surface area (Å²) in [7, 11) is 3.09. The van der Waals surface area contributed by atoms with Gasteiger partial charge in [0.15, 0.2) is 0 Å². The fourth-order valence-corrected chi connectivity index (χ4v) is 2.77. The molecule has 0 aromatic rings. The summed E-state index contributed by atoms with van der Waals surface area (Å²) in [5.41, 5.74) is 0.0662. The number of nitrogens with one attached hydrogen (secondary N) is 2. The molecule has 1 aliphatic rings. The van der Waals surface area contributed by atoms with Gasteiger partial charge in [-0.2, -0.15) is 0 Å². The van der Waals surface area contributed by atoms with Crippen molar-refractivity contribution in [2.24, 2.45) is 0 Å². The minimum Gasteiger partial charge on any atom is -0.333 e. The lowest BCUT2D eigenvalue weighted by Crippen LogP contribution is -2.62. The summed E-state index contributed by atoms with van der Waals surface area (Å²) in [6.45, 7) is 8.64. The lowest BCUT2D eigenvalue weighted by atomic mass is 9.80. The van der Waals surface area contributed by atoms with E-state index in [9.17, 15) is 4.79 Å². The number of piperidine rings is 1. The van der Waals surface area contributed by atoms with Gasteiger partial charge in [-0.15, -0.1) is 0 Å². The van der Waals surface area contributed by atoms with Crippen LogP contribution in [0.15, 0.2) is 0 Å². The van der Waals surface area contributed by atoms with E-state index in [0.29, 0.717) is 0 Å². The molecule has 0 spiro atoms. The topological polar surface area (TPSA) is 53.6 Å². The third-order valence-electron chi connectivity index (χ3n) is 3.08. The van der Waals surface area contributed by atoms with Gasteiger partial charge in [-0.05, 0) is 40.5 Å². The second kappa shape index (κ2) is 4.82. The van der Waals surface area contributed by atoms with Crippen molar-refractivity contribution in [3.8, 4) is 0 Å². The van der Waals surface area contributed by atoms with Gasteiger partial charge in [-0.1, -0.05) is 0 Å². The number of carbonyl (C=O) groups excluding carboxylic acids is 1. The van der Waals surface area contributed by atoms with Gasteiger partial charge in [0.2, 0.25) is 0 Å². The Bertz CT molecular complexity index is 273. The highest BCUT2D eigenvalue weighted by atomic mass is 16.7. The number of carbonyl (C=O) groups is 1. The molecule has 0 aliphatic carbocycles. The van der Waals surface area contributed by atoms with E-state index in [1.54, 1.807) is 7.05 Å². The van der Waals surface area contributed by atoms with Crippen molar-refractivity contribution in [1.29, 1.82) is 0 Å². The van der Waals surface area contributed by atoms with Gasteiger partial charge in [-0.25, -0.2) is 9.86 Å². The second-order valence-electron chi connectivity index (χ2n) is 6.13. The molecule has 0 aromatic carbocycles.